The molecule has 3 N–H and O–H groups in total. The quantitative estimate of drug-likeness (QED) is 0.850. The lowest BCUT2D eigenvalue weighted by atomic mass is 9.86. The molecule has 1 aromatic carbocycles. The molecule has 0 aliphatic heterocycles. The van der Waals surface area contributed by atoms with Gasteiger partial charge in [-0.25, -0.2) is 0 Å². The third-order valence-electron chi connectivity index (χ3n) is 2.79. The van der Waals surface area contributed by atoms with E-state index in [2.05, 4.69) is 26.1 Å². The fourth-order valence-electron chi connectivity index (χ4n) is 1.51. The zero-order valence-corrected chi connectivity index (χ0v) is 11.2. The number of rotatable bonds is 3. The summed E-state index contributed by atoms with van der Waals surface area (Å²) in [6.45, 7) is 9.12. The minimum Gasteiger partial charge on any atom is -0.380 e. The van der Waals surface area contributed by atoms with E-state index in [4.69, 9.17) is 17.3 Å². The average molecular weight is 241 g/mol. The van der Waals surface area contributed by atoms with Crippen molar-refractivity contribution < 1.29 is 0 Å². The highest BCUT2D eigenvalue weighted by atomic mass is 35.5. The van der Waals surface area contributed by atoms with Gasteiger partial charge in [0.1, 0.15) is 0 Å². The van der Waals surface area contributed by atoms with Crippen LogP contribution in [0.15, 0.2) is 18.2 Å². The number of halogens is 1. The summed E-state index contributed by atoms with van der Waals surface area (Å²) < 4.78 is 0. The van der Waals surface area contributed by atoms with Gasteiger partial charge in [-0.05, 0) is 30.0 Å². The second-order valence-electron chi connectivity index (χ2n) is 5.26. The summed E-state index contributed by atoms with van der Waals surface area (Å²) in [7, 11) is 0. The largest absolute Gasteiger partial charge is 0.380 e. The second-order valence-corrected chi connectivity index (χ2v) is 5.67. The monoisotopic (exact) mass is 240 g/mol. The van der Waals surface area contributed by atoms with Gasteiger partial charge in [-0.15, -0.1) is 0 Å². The third-order valence-corrected chi connectivity index (χ3v) is 3.20. The highest BCUT2D eigenvalue weighted by Gasteiger charge is 2.22. The van der Waals surface area contributed by atoms with Gasteiger partial charge in [-0.2, -0.15) is 0 Å². The lowest BCUT2D eigenvalue weighted by Crippen LogP contribution is -2.40. The lowest BCUT2D eigenvalue weighted by Gasteiger charge is -2.31. The minimum atomic E-state index is 0.131. The van der Waals surface area contributed by atoms with Crippen LogP contribution in [0, 0.1) is 12.3 Å². The van der Waals surface area contributed by atoms with Crippen LogP contribution >= 0.6 is 11.6 Å². The Kier molecular flexibility index (Phi) is 4.22. The number of hydrogen-bond donors (Lipinski definition) is 2. The number of nitrogens with two attached hydrogens (primary N) is 1. The Balaban J connectivity index is 2.83. The standard InChI is InChI=1S/C13H21ClN2/c1-9-5-6-10(7-11(9)14)16-12(8-15)13(2,3)4/h5-7,12,16H,8,15H2,1-4H3. The smallest absolute Gasteiger partial charge is 0.0455 e. The fraction of sp³-hybridized carbons (Fsp3) is 0.538. The van der Waals surface area contributed by atoms with Crippen molar-refractivity contribution in [3.05, 3.63) is 28.8 Å². The van der Waals surface area contributed by atoms with E-state index in [1.807, 2.05) is 25.1 Å². The van der Waals surface area contributed by atoms with Gasteiger partial charge in [-0.1, -0.05) is 38.4 Å². The van der Waals surface area contributed by atoms with Crippen LogP contribution in [0.2, 0.25) is 5.02 Å². The maximum absolute atomic E-state index is 6.08. The molecule has 1 rings (SSSR count). The Morgan fingerprint density at radius 3 is 2.44 bits per heavy atom. The molecule has 0 radical (unpaired) electrons. The van der Waals surface area contributed by atoms with Gasteiger partial charge in [0.15, 0.2) is 0 Å². The minimum absolute atomic E-state index is 0.131. The third kappa shape index (κ3) is 3.39. The SMILES string of the molecule is Cc1ccc(NC(CN)C(C)(C)C)cc1Cl. The molecular formula is C13H21ClN2. The molecule has 2 nitrogen and oxygen atoms in total. The molecule has 0 bridgehead atoms. The predicted octanol–water partition coefficient (Wildman–Crippen LogP) is 3.43. The predicted molar refractivity (Wildman–Crippen MR) is 72.1 cm³/mol. The lowest BCUT2D eigenvalue weighted by molar-refractivity contribution is 0.346. The van der Waals surface area contributed by atoms with Crippen molar-refractivity contribution in [3.63, 3.8) is 0 Å². The summed E-state index contributed by atoms with van der Waals surface area (Å²) in [5.41, 5.74) is 8.03. The summed E-state index contributed by atoms with van der Waals surface area (Å²) >= 11 is 6.08. The first kappa shape index (κ1) is 13.3. The zero-order valence-electron chi connectivity index (χ0n) is 10.5. The summed E-state index contributed by atoms with van der Waals surface area (Å²) in [6.07, 6.45) is 0. The van der Waals surface area contributed by atoms with E-state index in [9.17, 15) is 0 Å². The number of hydrogen-bond acceptors (Lipinski definition) is 2. The fourth-order valence-corrected chi connectivity index (χ4v) is 1.69. The maximum atomic E-state index is 6.08. The van der Waals surface area contributed by atoms with E-state index >= 15 is 0 Å². The van der Waals surface area contributed by atoms with Gasteiger partial charge in [0.2, 0.25) is 0 Å². The van der Waals surface area contributed by atoms with Crippen molar-refractivity contribution in [2.75, 3.05) is 11.9 Å². The average Bonchev–Trinajstić information content (AvgIpc) is 2.18. The number of benzene rings is 1. The van der Waals surface area contributed by atoms with Crippen molar-refractivity contribution in [3.8, 4) is 0 Å². The molecule has 0 heterocycles. The van der Waals surface area contributed by atoms with Crippen LogP contribution in [0.3, 0.4) is 0 Å². The van der Waals surface area contributed by atoms with Gasteiger partial charge in [0.05, 0.1) is 0 Å². The molecule has 0 saturated carbocycles. The molecule has 0 saturated heterocycles. The van der Waals surface area contributed by atoms with Crippen LogP contribution in [-0.2, 0) is 0 Å². The molecule has 0 spiro atoms. The van der Waals surface area contributed by atoms with Crippen LogP contribution in [0.25, 0.3) is 0 Å². The molecule has 1 aromatic rings. The van der Waals surface area contributed by atoms with E-state index in [1.165, 1.54) is 0 Å². The summed E-state index contributed by atoms with van der Waals surface area (Å²) in [4.78, 5) is 0. The van der Waals surface area contributed by atoms with Crippen LogP contribution in [0.4, 0.5) is 5.69 Å². The van der Waals surface area contributed by atoms with Gasteiger partial charge in [0, 0.05) is 23.3 Å². The zero-order chi connectivity index (χ0) is 12.3. The molecule has 1 atom stereocenters. The second kappa shape index (κ2) is 5.07. The Bertz CT molecular complexity index is 355. The van der Waals surface area contributed by atoms with Crippen molar-refractivity contribution in [2.45, 2.75) is 33.7 Å². The first-order chi connectivity index (χ1) is 7.34. The van der Waals surface area contributed by atoms with Gasteiger partial charge in [-0.3, -0.25) is 0 Å². The molecule has 0 fully saturated rings. The molecule has 0 aromatic heterocycles. The summed E-state index contributed by atoms with van der Waals surface area (Å²) in [5, 5.41) is 4.21. The Morgan fingerprint density at radius 1 is 1.38 bits per heavy atom. The first-order valence-electron chi connectivity index (χ1n) is 5.57. The van der Waals surface area contributed by atoms with Crippen LogP contribution in [-0.4, -0.2) is 12.6 Å². The molecule has 0 amide bonds. The Hall–Kier alpha value is -0.730. The summed E-state index contributed by atoms with van der Waals surface area (Å²) in [6, 6.07) is 6.24. The topological polar surface area (TPSA) is 38.0 Å². The molecule has 0 aliphatic carbocycles. The molecule has 0 aliphatic rings. The highest BCUT2D eigenvalue weighted by molar-refractivity contribution is 6.31. The maximum Gasteiger partial charge on any atom is 0.0455 e. The van der Waals surface area contributed by atoms with E-state index in [1.54, 1.807) is 0 Å². The van der Waals surface area contributed by atoms with Crippen LogP contribution in [0.5, 0.6) is 0 Å². The van der Waals surface area contributed by atoms with Gasteiger partial charge >= 0.3 is 0 Å². The number of nitrogens with one attached hydrogen (secondary N) is 1. The van der Waals surface area contributed by atoms with E-state index < -0.39 is 0 Å². The summed E-state index contributed by atoms with van der Waals surface area (Å²) in [5.74, 6) is 0. The van der Waals surface area contributed by atoms with Gasteiger partial charge < -0.3 is 11.1 Å². The number of anilines is 1. The van der Waals surface area contributed by atoms with Crippen LogP contribution < -0.4 is 11.1 Å². The Labute approximate surface area is 103 Å². The molecule has 16 heavy (non-hydrogen) atoms. The van der Waals surface area contributed by atoms with Crippen molar-refractivity contribution in [2.24, 2.45) is 11.1 Å². The number of aryl methyl sites for hydroxylation is 1. The Morgan fingerprint density at radius 2 is 2.00 bits per heavy atom. The molecule has 3 heteroatoms. The normalized spacial score (nSPS) is 13.6. The van der Waals surface area contributed by atoms with Crippen molar-refractivity contribution in [1.82, 2.24) is 0 Å². The highest BCUT2D eigenvalue weighted by Crippen LogP contribution is 2.25. The van der Waals surface area contributed by atoms with E-state index in [-0.39, 0.29) is 11.5 Å². The van der Waals surface area contributed by atoms with Crippen LogP contribution in [0.1, 0.15) is 26.3 Å². The first-order valence-corrected chi connectivity index (χ1v) is 5.95. The van der Waals surface area contributed by atoms with E-state index in [0.29, 0.717) is 6.54 Å². The van der Waals surface area contributed by atoms with Crippen molar-refractivity contribution >= 4 is 17.3 Å². The molecule has 90 valence electrons. The molecular weight excluding hydrogens is 220 g/mol. The molecule has 1 unspecified atom stereocenters. The van der Waals surface area contributed by atoms with Crippen molar-refractivity contribution in [1.29, 1.82) is 0 Å². The van der Waals surface area contributed by atoms with Gasteiger partial charge in [0.25, 0.3) is 0 Å². The van der Waals surface area contributed by atoms with E-state index in [0.717, 1.165) is 16.3 Å².